The van der Waals surface area contributed by atoms with Crippen LogP contribution in [0.1, 0.15) is 77.1 Å². The van der Waals surface area contributed by atoms with E-state index < -0.39 is 11.0 Å². The zero-order valence-electron chi connectivity index (χ0n) is 22.8. The molecular formula is C27H41N5O5. The molecular weight excluding hydrogens is 474 g/mol. The number of nitrogens with one attached hydrogen (secondary N) is 3. The molecule has 2 unspecified atom stereocenters. The van der Waals surface area contributed by atoms with E-state index in [1.807, 2.05) is 33.8 Å². The Morgan fingerprint density at radius 3 is 2.49 bits per heavy atom. The number of aromatic nitrogens is 2. The second-order valence-corrected chi connectivity index (χ2v) is 12.1. The molecule has 10 heteroatoms. The van der Waals surface area contributed by atoms with Crippen molar-refractivity contribution in [1.29, 1.82) is 0 Å². The minimum Gasteiger partial charge on any atom is -0.477 e. The van der Waals surface area contributed by atoms with Gasteiger partial charge in [-0.05, 0) is 75.7 Å². The quantitative estimate of drug-likeness (QED) is 0.412. The highest BCUT2D eigenvalue weighted by atomic mass is 16.6. The van der Waals surface area contributed by atoms with Crippen LogP contribution in [0.15, 0.2) is 12.3 Å². The average molecular weight is 516 g/mol. The van der Waals surface area contributed by atoms with E-state index in [0.717, 1.165) is 32.1 Å². The third kappa shape index (κ3) is 5.84. The zero-order chi connectivity index (χ0) is 27.0. The van der Waals surface area contributed by atoms with E-state index in [2.05, 4.69) is 21.2 Å². The van der Waals surface area contributed by atoms with Crippen molar-refractivity contribution >= 4 is 23.9 Å². The van der Waals surface area contributed by atoms with Crippen LogP contribution in [-0.2, 0) is 14.4 Å². The zero-order valence-corrected chi connectivity index (χ0v) is 22.8. The Balaban J connectivity index is 1.52. The van der Waals surface area contributed by atoms with E-state index in [1.54, 1.807) is 10.9 Å². The van der Waals surface area contributed by atoms with Crippen molar-refractivity contribution in [1.82, 2.24) is 25.9 Å². The van der Waals surface area contributed by atoms with Crippen LogP contribution >= 0.6 is 0 Å². The Labute approximate surface area is 218 Å². The summed E-state index contributed by atoms with van der Waals surface area (Å²) in [5.41, 5.74) is 1.96. The number of hydrogen-bond acceptors (Lipinski definition) is 6. The molecule has 4 aliphatic carbocycles. The van der Waals surface area contributed by atoms with Gasteiger partial charge in [0.2, 0.25) is 17.7 Å². The molecule has 4 saturated carbocycles. The summed E-state index contributed by atoms with van der Waals surface area (Å²) in [5, 5.41) is 10.6. The molecule has 0 aliphatic heterocycles. The van der Waals surface area contributed by atoms with Gasteiger partial charge in [-0.15, -0.1) is 0 Å². The van der Waals surface area contributed by atoms with Gasteiger partial charge in [-0.3, -0.25) is 19.2 Å². The number of ether oxygens (including phenoxy) is 1. The van der Waals surface area contributed by atoms with Gasteiger partial charge in [-0.1, -0.05) is 13.8 Å². The first-order chi connectivity index (χ1) is 17.4. The van der Waals surface area contributed by atoms with E-state index in [9.17, 15) is 14.4 Å². The van der Waals surface area contributed by atoms with Gasteiger partial charge in [-0.2, -0.15) is 5.10 Å². The predicted octanol–water partition coefficient (Wildman–Crippen LogP) is 2.91. The molecule has 4 bridgehead atoms. The number of hydrogen-bond donors (Lipinski definition) is 3. The van der Waals surface area contributed by atoms with Gasteiger partial charge in [0.05, 0.1) is 30.9 Å². The predicted molar refractivity (Wildman–Crippen MR) is 138 cm³/mol. The molecule has 3 N–H and O–H groups in total. The lowest BCUT2D eigenvalue weighted by Crippen LogP contribution is -2.62. The third-order valence-corrected chi connectivity index (χ3v) is 7.93. The topological polar surface area (TPSA) is 124 Å². The highest BCUT2D eigenvalue weighted by Gasteiger charge is 2.58. The minimum absolute atomic E-state index is 0.0167. The molecule has 0 radical (unpaired) electrons. The normalized spacial score (nSPS) is 28.5. The lowest BCUT2D eigenvalue weighted by atomic mass is 9.47. The molecule has 4 aliphatic rings. The summed E-state index contributed by atoms with van der Waals surface area (Å²) in [6.45, 7) is 9.74. The highest BCUT2D eigenvalue weighted by Crippen LogP contribution is 2.60. The fourth-order valence-corrected chi connectivity index (χ4v) is 6.72. The van der Waals surface area contributed by atoms with Crippen LogP contribution in [0, 0.1) is 29.1 Å². The Kier molecular flexibility index (Phi) is 7.69. The van der Waals surface area contributed by atoms with Crippen LogP contribution in [0.2, 0.25) is 0 Å². The maximum absolute atomic E-state index is 13.6. The van der Waals surface area contributed by atoms with Gasteiger partial charge in [-0.25, -0.2) is 10.2 Å². The Hall–Kier alpha value is -2.88. The summed E-state index contributed by atoms with van der Waals surface area (Å²) >= 11 is 0. The summed E-state index contributed by atoms with van der Waals surface area (Å²) in [6, 6.07) is 0.0167. The van der Waals surface area contributed by atoms with Crippen LogP contribution in [0.25, 0.3) is 6.20 Å². The fraction of sp³-hybridized carbons (Fsp3) is 0.704. The van der Waals surface area contributed by atoms with Crippen molar-refractivity contribution in [3.63, 3.8) is 0 Å². The van der Waals surface area contributed by atoms with Crippen molar-refractivity contribution in [3.05, 3.63) is 17.8 Å². The van der Waals surface area contributed by atoms with Crippen molar-refractivity contribution in [2.24, 2.45) is 29.1 Å². The minimum atomic E-state index is -0.596. The Morgan fingerprint density at radius 1 is 1.22 bits per heavy atom. The number of nitrogens with zero attached hydrogens (tertiary/aromatic N) is 2. The summed E-state index contributed by atoms with van der Waals surface area (Å²) in [4.78, 5) is 42.8. The van der Waals surface area contributed by atoms with Crippen LogP contribution in [-0.4, -0.2) is 52.8 Å². The van der Waals surface area contributed by atoms with Gasteiger partial charge in [0.1, 0.15) is 5.56 Å². The first-order valence-electron chi connectivity index (χ1n) is 13.3. The Morgan fingerprint density at radius 2 is 1.89 bits per heavy atom. The molecule has 1 heterocycles. The standard InChI is InChI=1S/C27H41N5O5/c1-16(2)15-37-24-21(14-28-32(24)8-7-26(4,5)30-17(3)33)23(34)29-22-19-9-18-10-20(22)13-27(11-18,12-19)25(35)31-36-6/h7-8,14,16,18-20,22H,9-13,15H2,1-6H3,(H,29,34)(H,30,33)(H,31,35). The monoisotopic (exact) mass is 515 g/mol. The van der Waals surface area contributed by atoms with Crippen molar-refractivity contribution < 1.29 is 24.0 Å². The number of hydroxylamine groups is 1. The van der Waals surface area contributed by atoms with E-state index in [-0.39, 0.29) is 41.5 Å². The lowest BCUT2D eigenvalue weighted by molar-refractivity contribution is -0.159. The van der Waals surface area contributed by atoms with E-state index in [4.69, 9.17) is 9.57 Å². The van der Waals surface area contributed by atoms with Crippen LogP contribution in [0.4, 0.5) is 0 Å². The van der Waals surface area contributed by atoms with Gasteiger partial charge < -0.3 is 15.4 Å². The molecule has 3 amide bonds. The molecule has 204 valence electrons. The molecule has 1 aromatic heterocycles. The first-order valence-corrected chi connectivity index (χ1v) is 13.3. The summed E-state index contributed by atoms with van der Waals surface area (Å²) in [7, 11) is 1.47. The number of amides is 3. The fourth-order valence-electron chi connectivity index (χ4n) is 6.72. The SMILES string of the molecule is CONC(=O)C12CC3CC(C1)C(NC(=O)c1cnn(C=CC(C)(C)NC(C)=O)c1OCC(C)C)C(C3)C2. The average Bonchev–Trinajstić information content (AvgIpc) is 3.20. The first kappa shape index (κ1) is 27.2. The second kappa shape index (κ2) is 10.5. The van der Waals surface area contributed by atoms with Crippen molar-refractivity contribution in [3.8, 4) is 5.88 Å². The van der Waals surface area contributed by atoms with Crippen molar-refractivity contribution in [2.75, 3.05) is 13.7 Å². The molecule has 0 spiro atoms. The van der Waals surface area contributed by atoms with Crippen molar-refractivity contribution in [2.45, 2.75) is 78.3 Å². The smallest absolute Gasteiger partial charge is 0.258 e. The molecule has 1 aromatic rings. The maximum Gasteiger partial charge on any atom is 0.258 e. The van der Waals surface area contributed by atoms with E-state index in [0.29, 0.717) is 24.0 Å². The summed E-state index contributed by atoms with van der Waals surface area (Å²) in [5.74, 6) is 1.28. The second-order valence-electron chi connectivity index (χ2n) is 12.1. The molecule has 0 aromatic carbocycles. The molecule has 4 fully saturated rings. The van der Waals surface area contributed by atoms with Gasteiger partial charge in [0.25, 0.3) is 5.91 Å². The third-order valence-electron chi connectivity index (χ3n) is 7.93. The molecule has 2 atom stereocenters. The van der Waals surface area contributed by atoms with Gasteiger partial charge in [0, 0.05) is 19.2 Å². The van der Waals surface area contributed by atoms with E-state index in [1.165, 1.54) is 20.2 Å². The largest absolute Gasteiger partial charge is 0.477 e. The maximum atomic E-state index is 13.6. The summed E-state index contributed by atoms with van der Waals surface area (Å²) in [6.07, 6.45) is 9.54. The molecule has 5 rings (SSSR count). The number of rotatable bonds is 10. The Bertz CT molecular complexity index is 1050. The van der Waals surface area contributed by atoms with Gasteiger partial charge >= 0.3 is 0 Å². The number of carbonyl (C=O) groups excluding carboxylic acids is 3. The number of carbonyl (C=O) groups is 3. The summed E-state index contributed by atoms with van der Waals surface area (Å²) < 4.78 is 7.60. The van der Waals surface area contributed by atoms with Gasteiger partial charge in [0.15, 0.2) is 0 Å². The van der Waals surface area contributed by atoms with Crippen LogP contribution in [0.3, 0.4) is 0 Å². The molecule has 37 heavy (non-hydrogen) atoms. The van der Waals surface area contributed by atoms with E-state index >= 15 is 0 Å². The van der Waals surface area contributed by atoms with Crippen LogP contribution in [0.5, 0.6) is 5.88 Å². The molecule has 10 nitrogen and oxygen atoms in total. The van der Waals surface area contributed by atoms with Crippen LogP contribution < -0.4 is 20.9 Å². The molecule has 0 saturated heterocycles. The highest BCUT2D eigenvalue weighted by molar-refractivity contribution is 5.96. The lowest BCUT2D eigenvalue weighted by Gasteiger charge is -2.59.